The maximum Gasteiger partial charge on any atom is 0.304 e. The van der Waals surface area contributed by atoms with Crippen molar-refractivity contribution in [3.63, 3.8) is 0 Å². The van der Waals surface area contributed by atoms with Crippen LogP contribution in [0.5, 0.6) is 0 Å². The van der Waals surface area contributed by atoms with E-state index >= 15 is 0 Å². The molecule has 1 N–H and O–H groups in total. The van der Waals surface area contributed by atoms with Crippen LogP contribution in [0.3, 0.4) is 0 Å². The fourth-order valence-electron chi connectivity index (χ4n) is 3.84. The molecule has 0 aliphatic carbocycles. The number of aliphatic carboxylic acids is 1. The van der Waals surface area contributed by atoms with Gasteiger partial charge in [-0.3, -0.25) is 14.4 Å². The zero-order valence-electron chi connectivity index (χ0n) is 15.5. The van der Waals surface area contributed by atoms with E-state index in [1.54, 1.807) is 30.9 Å². The van der Waals surface area contributed by atoms with Crippen LogP contribution in [0.4, 0.5) is 0 Å². The Labute approximate surface area is 159 Å². The van der Waals surface area contributed by atoms with E-state index in [1.807, 2.05) is 19.1 Å². The van der Waals surface area contributed by atoms with Crippen LogP contribution >= 0.6 is 11.6 Å². The highest BCUT2D eigenvalue weighted by Crippen LogP contribution is 2.44. The lowest BCUT2D eigenvalue weighted by Gasteiger charge is -2.47. The molecule has 3 unspecified atom stereocenters. The van der Waals surface area contributed by atoms with E-state index in [4.69, 9.17) is 11.6 Å². The predicted molar refractivity (Wildman–Crippen MR) is 100 cm³/mol. The second-order valence-corrected chi connectivity index (χ2v) is 7.63. The van der Waals surface area contributed by atoms with Crippen molar-refractivity contribution in [3.8, 4) is 0 Å². The summed E-state index contributed by atoms with van der Waals surface area (Å²) in [5, 5.41) is 9.85. The topological polar surface area (TPSA) is 74.7 Å². The van der Waals surface area contributed by atoms with Gasteiger partial charge in [-0.2, -0.15) is 0 Å². The number of carboxylic acids is 1. The standard InChI is InChI=1S/C20H26ClNO4/c1-4-15(17(23)5-2)22-16(13-6-8-14(21)9-7-13)10-11-20(3,19(22)26)12-18(24)25/h6-9,15-16H,4-5,10-12H2,1-3H3,(H,24,25). The minimum atomic E-state index is -0.999. The summed E-state index contributed by atoms with van der Waals surface area (Å²) in [6.07, 6.45) is 1.70. The Hall–Kier alpha value is -1.88. The van der Waals surface area contributed by atoms with Crippen molar-refractivity contribution in [1.29, 1.82) is 0 Å². The first-order chi connectivity index (χ1) is 12.2. The molecule has 5 nitrogen and oxygen atoms in total. The van der Waals surface area contributed by atoms with Crippen molar-refractivity contribution in [2.75, 3.05) is 0 Å². The van der Waals surface area contributed by atoms with Crippen molar-refractivity contribution in [2.24, 2.45) is 5.41 Å². The van der Waals surface area contributed by atoms with Gasteiger partial charge in [-0.15, -0.1) is 0 Å². The van der Waals surface area contributed by atoms with Crippen molar-refractivity contribution in [2.45, 2.75) is 65.0 Å². The van der Waals surface area contributed by atoms with Gasteiger partial charge in [0.05, 0.1) is 23.9 Å². The van der Waals surface area contributed by atoms with Crippen LogP contribution in [0.25, 0.3) is 0 Å². The summed E-state index contributed by atoms with van der Waals surface area (Å²) < 4.78 is 0. The predicted octanol–water partition coefficient (Wildman–Crippen LogP) is 4.24. The van der Waals surface area contributed by atoms with Crippen LogP contribution in [0.2, 0.25) is 5.02 Å². The van der Waals surface area contributed by atoms with E-state index in [1.165, 1.54) is 0 Å². The number of amides is 1. The lowest BCUT2D eigenvalue weighted by molar-refractivity contribution is -0.161. The minimum Gasteiger partial charge on any atom is -0.481 e. The van der Waals surface area contributed by atoms with Crippen LogP contribution in [-0.2, 0) is 14.4 Å². The summed E-state index contributed by atoms with van der Waals surface area (Å²) >= 11 is 5.98. The number of halogens is 1. The molecular formula is C20H26ClNO4. The number of hydrogen-bond acceptors (Lipinski definition) is 3. The molecule has 6 heteroatoms. The Balaban J connectivity index is 2.47. The van der Waals surface area contributed by atoms with Crippen LogP contribution < -0.4 is 0 Å². The number of carbonyl (C=O) groups excluding carboxylic acids is 2. The highest BCUT2D eigenvalue weighted by atomic mass is 35.5. The van der Waals surface area contributed by atoms with Gasteiger partial charge in [-0.05, 0) is 37.0 Å². The molecule has 26 heavy (non-hydrogen) atoms. The number of nitrogens with zero attached hydrogens (tertiary/aromatic N) is 1. The SMILES string of the molecule is CCC(=O)C(CC)N1C(=O)C(C)(CC(=O)O)CCC1c1ccc(Cl)cc1. The number of ketones is 1. The number of benzene rings is 1. The van der Waals surface area contributed by atoms with Gasteiger partial charge in [0.1, 0.15) is 0 Å². The highest BCUT2D eigenvalue weighted by molar-refractivity contribution is 6.30. The Morgan fingerprint density at radius 1 is 1.31 bits per heavy atom. The Morgan fingerprint density at radius 3 is 2.42 bits per heavy atom. The molecule has 0 saturated carbocycles. The number of rotatable bonds is 7. The van der Waals surface area contributed by atoms with E-state index in [2.05, 4.69) is 0 Å². The van der Waals surface area contributed by atoms with Gasteiger partial charge in [0, 0.05) is 11.4 Å². The summed E-state index contributed by atoms with van der Waals surface area (Å²) in [5.74, 6) is -1.25. The van der Waals surface area contributed by atoms with Crippen molar-refractivity contribution in [3.05, 3.63) is 34.9 Å². The van der Waals surface area contributed by atoms with Gasteiger partial charge in [0.25, 0.3) is 0 Å². The molecule has 0 bridgehead atoms. The maximum atomic E-state index is 13.3. The summed E-state index contributed by atoms with van der Waals surface area (Å²) in [6.45, 7) is 5.36. The Bertz CT molecular complexity index is 688. The molecular weight excluding hydrogens is 354 g/mol. The molecule has 0 aromatic heterocycles. The van der Waals surface area contributed by atoms with E-state index in [9.17, 15) is 19.5 Å². The van der Waals surface area contributed by atoms with Crippen LogP contribution in [0.15, 0.2) is 24.3 Å². The van der Waals surface area contributed by atoms with Crippen molar-refractivity contribution in [1.82, 2.24) is 4.90 Å². The number of piperidine rings is 1. The van der Waals surface area contributed by atoms with Crippen LogP contribution in [0.1, 0.15) is 64.5 Å². The Morgan fingerprint density at radius 2 is 1.92 bits per heavy atom. The molecule has 1 heterocycles. The van der Waals surface area contributed by atoms with Crippen LogP contribution in [0, 0.1) is 5.41 Å². The largest absolute Gasteiger partial charge is 0.481 e. The first kappa shape index (κ1) is 20.4. The number of Topliss-reactive ketones (excluding diaryl/α,β-unsaturated/α-hetero) is 1. The zero-order valence-corrected chi connectivity index (χ0v) is 16.3. The van der Waals surface area contributed by atoms with Gasteiger partial charge >= 0.3 is 5.97 Å². The summed E-state index contributed by atoms with van der Waals surface area (Å²) in [6, 6.07) is 6.50. The van der Waals surface area contributed by atoms with Gasteiger partial charge < -0.3 is 10.0 Å². The monoisotopic (exact) mass is 379 g/mol. The smallest absolute Gasteiger partial charge is 0.304 e. The average molecular weight is 380 g/mol. The van der Waals surface area contributed by atoms with E-state index < -0.39 is 17.4 Å². The summed E-state index contributed by atoms with van der Waals surface area (Å²) in [7, 11) is 0. The second kappa shape index (κ2) is 8.21. The number of carbonyl (C=O) groups is 3. The third-order valence-electron chi connectivity index (χ3n) is 5.29. The first-order valence-electron chi connectivity index (χ1n) is 9.06. The molecule has 1 saturated heterocycles. The normalized spacial score (nSPS) is 24.4. The van der Waals surface area contributed by atoms with Gasteiger partial charge in [0.15, 0.2) is 5.78 Å². The summed E-state index contributed by atoms with van der Waals surface area (Å²) in [4.78, 5) is 38.8. The number of carboxylic acid groups (broad SMARTS) is 1. The molecule has 0 radical (unpaired) electrons. The Kier molecular flexibility index (Phi) is 6.45. The lowest BCUT2D eigenvalue weighted by atomic mass is 9.74. The maximum absolute atomic E-state index is 13.3. The minimum absolute atomic E-state index is 0.000566. The molecule has 0 spiro atoms. The fourth-order valence-corrected chi connectivity index (χ4v) is 3.96. The van der Waals surface area contributed by atoms with Crippen LogP contribution in [-0.4, -0.2) is 33.7 Å². The molecule has 1 aromatic rings. The lowest BCUT2D eigenvalue weighted by Crippen LogP contribution is -2.55. The number of likely N-dealkylation sites (tertiary alicyclic amines) is 1. The van der Waals surface area contributed by atoms with Crippen molar-refractivity contribution < 1.29 is 19.5 Å². The molecule has 1 aliphatic rings. The third-order valence-corrected chi connectivity index (χ3v) is 5.55. The van der Waals surface area contributed by atoms with E-state index in [0.717, 1.165) is 5.56 Å². The third kappa shape index (κ3) is 4.09. The van der Waals surface area contributed by atoms with E-state index in [0.29, 0.717) is 30.7 Å². The first-order valence-corrected chi connectivity index (χ1v) is 9.44. The molecule has 1 fully saturated rings. The van der Waals surface area contributed by atoms with Gasteiger partial charge in [-0.1, -0.05) is 44.5 Å². The quantitative estimate of drug-likeness (QED) is 0.768. The second-order valence-electron chi connectivity index (χ2n) is 7.19. The molecule has 142 valence electrons. The molecule has 1 amide bonds. The fraction of sp³-hybridized carbons (Fsp3) is 0.550. The highest BCUT2D eigenvalue weighted by Gasteiger charge is 2.48. The van der Waals surface area contributed by atoms with E-state index in [-0.39, 0.29) is 24.2 Å². The molecule has 1 aliphatic heterocycles. The molecule has 1 aromatic carbocycles. The number of hydrogen-bond donors (Lipinski definition) is 1. The average Bonchev–Trinajstić information content (AvgIpc) is 2.59. The van der Waals surface area contributed by atoms with Gasteiger partial charge in [0.2, 0.25) is 5.91 Å². The zero-order chi connectivity index (χ0) is 19.5. The summed E-state index contributed by atoms with van der Waals surface area (Å²) in [5.41, 5.74) is -0.0709. The molecule has 3 atom stereocenters. The van der Waals surface area contributed by atoms with Crippen molar-refractivity contribution >= 4 is 29.3 Å². The molecule has 2 rings (SSSR count). The van der Waals surface area contributed by atoms with Gasteiger partial charge in [-0.25, -0.2) is 0 Å².